The summed E-state index contributed by atoms with van der Waals surface area (Å²) in [4.78, 5) is -0.318. The predicted octanol–water partition coefficient (Wildman–Crippen LogP) is 3.92. The van der Waals surface area contributed by atoms with Crippen LogP contribution in [0, 0.1) is 11.6 Å². The van der Waals surface area contributed by atoms with E-state index in [4.69, 9.17) is 4.74 Å². The molecule has 1 aliphatic rings. The van der Waals surface area contributed by atoms with Crippen molar-refractivity contribution in [1.82, 2.24) is 0 Å². The molecular weight excluding hydrogens is 474 g/mol. The number of aryl methyl sites for hydroxylation is 1. The fraction of sp³-hybridized carbons (Fsp3) is 0.182. The Hall–Kier alpha value is -3.18. The highest BCUT2D eigenvalue weighted by molar-refractivity contribution is 7.93. The van der Waals surface area contributed by atoms with Crippen molar-refractivity contribution in [1.29, 1.82) is 0 Å². The lowest BCUT2D eigenvalue weighted by molar-refractivity contribution is 0.385. The number of anilines is 2. The molecule has 3 aromatic rings. The van der Waals surface area contributed by atoms with E-state index in [1.807, 2.05) is 0 Å². The van der Waals surface area contributed by atoms with E-state index in [2.05, 4.69) is 4.72 Å². The maximum atomic E-state index is 14.0. The Bertz CT molecular complexity index is 1410. The highest BCUT2D eigenvalue weighted by Gasteiger charge is 2.29. The fourth-order valence-corrected chi connectivity index (χ4v) is 6.24. The number of halogens is 2. The largest absolute Gasteiger partial charge is 0.494 e. The van der Waals surface area contributed by atoms with E-state index in [9.17, 15) is 25.6 Å². The van der Waals surface area contributed by atoms with Gasteiger partial charge in [-0.25, -0.2) is 25.6 Å². The van der Waals surface area contributed by atoms with Crippen LogP contribution in [-0.4, -0.2) is 30.5 Å². The van der Waals surface area contributed by atoms with Crippen molar-refractivity contribution < 1.29 is 30.4 Å². The van der Waals surface area contributed by atoms with Gasteiger partial charge in [-0.1, -0.05) is 0 Å². The van der Waals surface area contributed by atoms with E-state index in [1.165, 1.54) is 47.8 Å². The fourth-order valence-electron chi connectivity index (χ4n) is 3.64. The summed E-state index contributed by atoms with van der Waals surface area (Å²) in [6, 6.07) is 12.4. The van der Waals surface area contributed by atoms with Gasteiger partial charge in [0.25, 0.3) is 20.0 Å². The Labute approximate surface area is 190 Å². The van der Waals surface area contributed by atoms with E-state index in [0.717, 1.165) is 18.2 Å². The minimum Gasteiger partial charge on any atom is -0.494 e. The van der Waals surface area contributed by atoms with Crippen LogP contribution in [0.25, 0.3) is 0 Å². The third kappa shape index (κ3) is 4.51. The smallest absolute Gasteiger partial charge is 0.264 e. The average Bonchev–Trinajstić information content (AvgIpc) is 2.78. The van der Waals surface area contributed by atoms with Crippen LogP contribution in [0.15, 0.2) is 70.5 Å². The molecular formula is C22H20F2N2O5S2. The van der Waals surface area contributed by atoms with Crippen molar-refractivity contribution in [3.8, 4) is 5.75 Å². The molecule has 1 heterocycles. The van der Waals surface area contributed by atoms with E-state index < -0.39 is 31.7 Å². The second kappa shape index (κ2) is 8.64. The van der Waals surface area contributed by atoms with E-state index >= 15 is 0 Å². The second-order valence-corrected chi connectivity index (χ2v) is 10.9. The molecule has 0 aliphatic carbocycles. The normalized spacial score (nSPS) is 14.0. The zero-order valence-electron chi connectivity index (χ0n) is 17.5. The quantitative estimate of drug-likeness (QED) is 0.561. The summed E-state index contributed by atoms with van der Waals surface area (Å²) in [5, 5.41) is 0. The molecule has 0 unspecified atom stereocenters. The van der Waals surface area contributed by atoms with Gasteiger partial charge in [-0.15, -0.1) is 0 Å². The lowest BCUT2D eigenvalue weighted by Gasteiger charge is -2.31. The highest BCUT2D eigenvalue weighted by atomic mass is 32.2. The molecule has 0 saturated carbocycles. The zero-order chi connectivity index (χ0) is 23.8. The van der Waals surface area contributed by atoms with Gasteiger partial charge in [0.15, 0.2) is 11.6 Å². The Kier molecular flexibility index (Phi) is 6.02. The summed E-state index contributed by atoms with van der Waals surface area (Å²) >= 11 is 0. The number of benzene rings is 3. The molecule has 0 spiro atoms. The summed E-state index contributed by atoms with van der Waals surface area (Å²) in [6.07, 6.45) is 1.06. The van der Waals surface area contributed by atoms with Crippen LogP contribution in [0.5, 0.6) is 5.75 Å². The molecule has 7 nitrogen and oxygen atoms in total. The minimum atomic E-state index is -4.09. The first kappa shape index (κ1) is 23.0. The summed E-state index contributed by atoms with van der Waals surface area (Å²) in [7, 11) is -6.73. The predicted molar refractivity (Wildman–Crippen MR) is 119 cm³/mol. The van der Waals surface area contributed by atoms with Crippen LogP contribution in [0.2, 0.25) is 0 Å². The summed E-state index contributed by atoms with van der Waals surface area (Å²) in [5.74, 6) is -1.43. The van der Waals surface area contributed by atoms with E-state index in [-0.39, 0.29) is 27.8 Å². The number of fused-ring (bicyclic) bond motifs is 1. The van der Waals surface area contributed by atoms with Gasteiger partial charge in [0.1, 0.15) is 5.82 Å². The lowest BCUT2D eigenvalue weighted by Crippen LogP contribution is -2.35. The maximum Gasteiger partial charge on any atom is 0.264 e. The summed E-state index contributed by atoms with van der Waals surface area (Å²) < 4.78 is 87.2. The molecule has 0 amide bonds. The van der Waals surface area contributed by atoms with Crippen LogP contribution in [0.4, 0.5) is 20.2 Å². The number of hydrogen-bond donors (Lipinski definition) is 1. The van der Waals surface area contributed by atoms with Gasteiger partial charge in [-0.3, -0.25) is 9.03 Å². The molecule has 3 aromatic carbocycles. The standard InChI is InChI=1S/C22H20F2N2O5S2/c1-31-22-11-9-19(14-20(22)24)32(27,28)25-17-6-10-21-15(13-17)3-2-12-26(21)33(29,30)18-7-4-16(23)5-8-18/h4-11,13-14,25H,2-3,12H2,1H3. The molecule has 0 fully saturated rings. The number of ether oxygens (including phenoxy) is 1. The van der Waals surface area contributed by atoms with Gasteiger partial charge in [0, 0.05) is 12.2 Å². The molecule has 0 saturated heterocycles. The third-order valence-corrected chi connectivity index (χ3v) is 8.45. The molecule has 0 atom stereocenters. The molecule has 33 heavy (non-hydrogen) atoms. The number of nitrogens with zero attached hydrogens (tertiary/aromatic N) is 1. The van der Waals surface area contributed by atoms with E-state index in [0.29, 0.717) is 24.1 Å². The third-order valence-electron chi connectivity index (χ3n) is 5.24. The molecule has 4 rings (SSSR count). The molecule has 0 radical (unpaired) electrons. The topological polar surface area (TPSA) is 92.8 Å². The van der Waals surface area contributed by atoms with E-state index in [1.54, 1.807) is 6.07 Å². The van der Waals surface area contributed by atoms with Crippen LogP contribution in [0.1, 0.15) is 12.0 Å². The molecule has 0 bridgehead atoms. The number of hydrogen-bond acceptors (Lipinski definition) is 5. The monoisotopic (exact) mass is 494 g/mol. The van der Waals surface area contributed by atoms with Gasteiger partial charge >= 0.3 is 0 Å². The van der Waals surface area contributed by atoms with Crippen LogP contribution < -0.4 is 13.8 Å². The molecule has 0 aromatic heterocycles. The number of nitrogens with one attached hydrogen (secondary N) is 1. The minimum absolute atomic E-state index is 0.0388. The van der Waals surface area contributed by atoms with Crippen molar-refractivity contribution in [3.05, 3.63) is 77.9 Å². The second-order valence-electron chi connectivity index (χ2n) is 7.38. The number of methoxy groups -OCH3 is 1. The van der Waals surface area contributed by atoms with Gasteiger partial charge in [0.2, 0.25) is 0 Å². The highest BCUT2D eigenvalue weighted by Crippen LogP contribution is 2.34. The van der Waals surface area contributed by atoms with Crippen molar-refractivity contribution in [2.75, 3.05) is 22.7 Å². The van der Waals surface area contributed by atoms with Gasteiger partial charge in [-0.05, 0) is 79.1 Å². The first-order chi connectivity index (χ1) is 15.6. The first-order valence-corrected chi connectivity index (χ1v) is 12.8. The number of sulfonamides is 2. The molecule has 11 heteroatoms. The number of rotatable bonds is 6. The van der Waals surface area contributed by atoms with Crippen molar-refractivity contribution in [2.24, 2.45) is 0 Å². The lowest BCUT2D eigenvalue weighted by atomic mass is 10.0. The first-order valence-electron chi connectivity index (χ1n) is 9.89. The van der Waals surface area contributed by atoms with Crippen LogP contribution in [0.3, 0.4) is 0 Å². The molecule has 174 valence electrons. The van der Waals surface area contributed by atoms with Crippen LogP contribution >= 0.6 is 0 Å². The average molecular weight is 495 g/mol. The Balaban J connectivity index is 1.63. The summed E-state index contributed by atoms with van der Waals surface area (Å²) in [5.41, 5.74) is 1.27. The molecule has 1 aliphatic heterocycles. The zero-order valence-corrected chi connectivity index (χ0v) is 19.1. The van der Waals surface area contributed by atoms with Gasteiger partial charge in [-0.2, -0.15) is 0 Å². The molecule has 1 N–H and O–H groups in total. The Morgan fingerprint density at radius 1 is 0.909 bits per heavy atom. The Morgan fingerprint density at radius 2 is 1.61 bits per heavy atom. The Morgan fingerprint density at radius 3 is 2.27 bits per heavy atom. The van der Waals surface area contributed by atoms with Crippen molar-refractivity contribution in [3.63, 3.8) is 0 Å². The van der Waals surface area contributed by atoms with Crippen molar-refractivity contribution in [2.45, 2.75) is 22.6 Å². The van der Waals surface area contributed by atoms with Gasteiger partial charge < -0.3 is 4.74 Å². The summed E-state index contributed by atoms with van der Waals surface area (Å²) in [6.45, 7) is 0.239. The van der Waals surface area contributed by atoms with Gasteiger partial charge in [0.05, 0.1) is 22.6 Å². The van der Waals surface area contributed by atoms with Crippen molar-refractivity contribution >= 4 is 31.4 Å². The SMILES string of the molecule is COc1ccc(S(=O)(=O)Nc2ccc3c(c2)CCCN3S(=O)(=O)c2ccc(F)cc2)cc1F. The maximum absolute atomic E-state index is 14.0. The van der Waals surface area contributed by atoms with Crippen LogP contribution in [-0.2, 0) is 26.5 Å².